The Bertz CT molecular complexity index is 1210. The van der Waals surface area contributed by atoms with Crippen molar-refractivity contribution < 1.29 is 4.74 Å². The predicted octanol–water partition coefficient (Wildman–Crippen LogP) is 1.51. The van der Waals surface area contributed by atoms with Crippen LogP contribution in [0.15, 0.2) is 48.5 Å². The van der Waals surface area contributed by atoms with Crippen molar-refractivity contribution in [1.29, 1.82) is 0 Å². The van der Waals surface area contributed by atoms with Gasteiger partial charge in [-0.05, 0) is 59.0 Å². The molecule has 0 saturated heterocycles. The molecule has 2 heterocycles. The highest BCUT2D eigenvalue weighted by Crippen LogP contribution is 2.17. The van der Waals surface area contributed by atoms with Gasteiger partial charge in [-0.2, -0.15) is 0 Å². The van der Waals surface area contributed by atoms with E-state index < -0.39 is 0 Å². The topological polar surface area (TPSA) is 75.2 Å². The minimum Gasteiger partial charge on any atom is -0.497 e. The lowest BCUT2D eigenvalue weighted by Crippen LogP contribution is -2.45. The third kappa shape index (κ3) is 4.19. The molecule has 2 aromatic carbocycles. The molecule has 7 nitrogen and oxygen atoms in total. The van der Waals surface area contributed by atoms with Crippen LogP contribution in [0, 0.1) is 0 Å². The lowest BCUT2D eigenvalue weighted by atomic mass is 10.2. The van der Waals surface area contributed by atoms with E-state index in [-0.39, 0.29) is 0 Å². The molecule has 5 rings (SSSR count). The first-order chi connectivity index (χ1) is 15.2. The molecule has 158 valence electrons. The van der Waals surface area contributed by atoms with E-state index in [1.807, 2.05) is 36.4 Å². The Hall–Kier alpha value is -3.16. The molecule has 0 spiro atoms. The van der Waals surface area contributed by atoms with Crippen molar-refractivity contribution in [2.75, 3.05) is 13.7 Å². The number of aryl methyl sites for hydroxylation is 1. The molecule has 0 radical (unpaired) electrons. The fourth-order valence-electron chi connectivity index (χ4n) is 4.08. The molecule has 0 bridgehead atoms. The number of halogens is 1. The van der Waals surface area contributed by atoms with Gasteiger partial charge in [0.2, 0.25) is 0 Å². The van der Waals surface area contributed by atoms with Crippen LogP contribution < -0.4 is 26.0 Å². The first-order valence-corrected chi connectivity index (χ1v) is 10.6. The lowest BCUT2D eigenvalue weighted by molar-refractivity contribution is 0.242. The van der Waals surface area contributed by atoms with Gasteiger partial charge in [0.1, 0.15) is 16.9 Å². The van der Waals surface area contributed by atoms with Crippen LogP contribution in [0.3, 0.4) is 0 Å². The summed E-state index contributed by atoms with van der Waals surface area (Å²) in [6.07, 6.45) is 1.89. The molecule has 8 heteroatoms. The summed E-state index contributed by atoms with van der Waals surface area (Å²) < 4.78 is 5.28. The van der Waals surface area contributed by atoms with Gasteiger partial charge < -0.3 is 15.5 Å². The van der Waals surface area contributed by atoms with Crippen molar-refractivity contribution in [2.24, 2.45) is 0 Å². The van der Waals surface area contributed by atoms with E-state index in [1.54, 1.807) is 7.11 Å². The maximum Gasteiger partial charge on any atom is 0.143 e. The van der Waals surface area contributed by atoms with Crippen molar-refractivity contribution in [3.8, 4) is 5.75 Å². The van der Waals surface area contributed by atoms with E-state index in [4.69, 9.17) is 16.3 Å². The zero-order valence-electron chi connectivity index (χ0n) is 17.2. The van der Waals surface area contributed by atoms with Crippen molar-refractivity contribution in [3.63, 3.8) is 0 Å². The maximum atomic E-state index is 6.02. The maximum absolute atomic E-state index is 6.02. The van der Waals surface area contributed by atoms with Gasteiger partial charge in [-0.15, -0.1) is 10.2 Å². The minimum absolute atomic E-state index is 0.643. The monoisotopic (exact) mass is 434 g/mol. The van der Waals surface area contributed by atoms with E-state index >= 15 is 0 Å². The predicted molar refractivity (Wildman–Crippen MR) is 119 cm³/mol. The molecule has 0 atom stereocenters. The summed E-state index contributed by atoms with van der Waals surface area (Å²) in [6.45, 7) is 2.18. The summed E-state index contributed by atoms with van der Waals surface area (Å²) in [6, 6.07) is 16.0. The summed E-state index contributed by atoms with van der Waals surface area (Å²) in [5.74, 6) is 1.69. The van der Waals surface area contributed by atoms with Crippen LogP contribution in [0.2, 0.25) is 5.02 Å². The van der Waals surface area contributed by atoms with Crippen molar-refractivity contribution in [3.05, 3.63) is 80.9 Å². The summed E-state index contributed by atoms with van der Waals surface area (Å²) in [5.41, 5.74) is 8.25. The van der Waals surface area contributed by atoms with E-state index in [2.05, 4.69) is 43.3 Å². The Morgan fingerprint density at radius 1 is 1.03 bits per heavy atom. The number of hydrogen-bond donors (Lipinski definition) is 2. The molecule has 3 aromatic rings. The Labute approximate surface area is 185 Å². The summed E-state index contributed by atoms with van der Waals surface area (Å²) in [5, 5.41) is 21.1. The van der Waals surface area contributed by atoms with Crippen LogP contribution >= 0.6 is 11.6 Å². The van der Waals surface area contributed by atoms with Crippen LogP contribution in [-0.2, 0) is 19.5 Å². The first-order valence-electron chi connectivity index (χ1n) is 10.3. The molecule has 2 aliphatic rings. The van der Waals surface area contributed by atoms with Gasteiger partial charge in [-0.1, -0.05) is 35.9 Å². The summed E-state index contributed by atoms with van der Waals surface area (Å²) in [7, 11) is 1.68. The van der Waals surface area contributed by atoms with Crippen LogP contribution in [0.4, 0.5) is 0 Å². The first kappa shape index (κ1) is 19.8. The molecular formula is C23H23ClN6O. The molecule has 31 heavy (non-hydrogen) atoms. The van der Waals surface area contributed by atoms with Gasteiger partial charge in [0, 0.05) is 29.9 Å². The highest BCUT2D eigenvalue weighted by Gasteiger charge is 2.23. The van der Waals surface area contributed by atoms with Crippen LogP contribution in [-0.4, -0.2) is 34.1 Å². The van der Waals surface area contributed by atoms with Crippen molar-refractivity contribution >= 4 is 23.0 Å². The molecule has 2 N–H and O–H groups in total. The molecule has 1 aromatic heterocycles. The normalized spacial score (nSPS) is 15.3. The largest absolute Gasteiger partial charge is 0.497 e. The number of rotatable bonds is 6. The average molecular weight is 435 g/mol. The number of hydrazine groups is 1. The smallest absolute Gasteiger partial charge is 0.143 e. The molecule has 1 aliphatic heterocycles. The molecule has 0 fully saturated rings. The SMILES string of the molecule is COc1ccc(CN2CC3=c4c(nnnc4=C(NCc4ccc(Cl)cc4)N2)CC3)cc1. The molecule has 0 amide bonds. The second kappa shape index (κ2) is 8.53. The minimum atomic E-state index is 0.643. The Morgan fingerprint density at radius 3 is 2.58 bits per heavy atom. The molecule has 1 aliphatic carbocycles. The second-order valence-electron chi connectivity index (χ2n) is 7.73. The van der Waals surface area contributed by atoms with Crippen LogP contribution in [0.5, 0.6) is 5.75 Å². The van der Waals surface area contributed by atoms with E-state index in [0.29, 0.717) is 6.54 Å². The van der Waals surface area contributed by atoms with Gasteiger partial charge in [0.05, 0.1) is 12.8 Å². The molecule has 0 saturated carbocycles. The number of benzene rings is 2. The number of methoxy groups -OCH3 is 1. The Morgan fingerprint density at radius 2 is 1.81 bits per heavy atom. The fraction of sp³-hybridized carbons (Fsp3) is 0.261. The van der Waals surface area contributed by atoms with Gasteiger partial charge in [0.25, 0.3) is 0 Å². The zero-order chi connectivity index (χ0) is 21.2. The van der Waals surface area contributed by atoms with Crippen molar-refractivity contribution in [1.82, 2.24) is 31.2 Å². The molecular weight excluding hydrogens is 412 g/mol. The van der Waals surface area contributed by atoms with Gasteiger partial charge in [-0.3, -0.25) is 0 Å². The van der Waals surface area contributed by atoms with E-state index in [9.17, 15) is 0 Å². The second-order valence-corrected chi connectivity index (χ2v) is 8.17. The van der Waals surface area contributed by atoms with Gasteiger partial charge in [-0.25, -0.2) is 5.01 Å². The zero-order valence-corrected chi connectivity index (χ0v) is 18.0. The number of nitrogens with zero attached hydrogens (tertiary/aromatic N) is 4. The number of ether oxygens (including phenoxy) is 1. The fourth-order valence-corrected chi connectivity index (χ4v) is 4.20. The van der Waals surface area contributed by atoms with Gasteiger partial charge in [0.15, 0.2) is 0 Å². The third-order valence-electron chi connectivity index (χ3n) is 5.66. The summed E-state index contributed by atoms with van der Waals surface area (Å²) >= 11 is 6.02. The number of hydrogen-bond acceptors (Lipinski definition) is 7. The van der Waals surface area contributed by atoms with Crippen LogP contribution in [0.25, 0.3) is 11.4 Å². The van der Waals surface area contributed by atoms with Gasteiger partial charge >= 0.3 is 0 Å². The lowest BCUT2D eigenvalue weighted by Gasteiger charge is -2.25. The quantitative estimate of drug-likeness (QED) is 0.609. The average Bonchev–Trinajstić information content (AvgIpc) is 3.14. The highest BCUT2D eigenvalue weighted by molar-refractivity contribution is 6.30. The third-order valence-corrected chi connectivity index (χ3v) is 5.91. The van der Waals surface area contributed by atoms with Crippen LogP contribution in [0.1, 0.15) is 23.2 Å². The molecule has 0 unspecified atom stereocenters. The number of nitrogens with one attached hydrogen (secondary N) is 2. The number of aromatic nitrogens is 3. The van der Waals surface area contributed by atoms with E-state index in [1.165, 1.54) is 11.1 Å². The Kier molecular flexibility index (Phi) is 5.44. The van der Waals surface area contributed by atoms with E-state index in [0.717, 1.165) is 64.3 Å². The van der Waals surface area contributed by atoms with Crippen molar-refractivity contribution in [2.45, 2.75) is 25.9 Å². The summed E-state index contributed by atoms with van der Waals surface area (Å²) in [4.78, 5) is 0. The Balaban J connectivity index is 1.46. The highest BCUT2D eigenvalue weighted by atomic mass is 35.5. The standard InChI is InChI=1S/C23H23ClN6O/c1-31-19-9-4-16(5-10-19)13-30-14-17-6-11-20-21(17)22(27-29-26-20)23(28-30)25-12-15-2-7-18(24)8-3-15/h2-5,7-10,25,28H,6,11-14H2,1H3.